The number of hydrogen-bond donors (Lipinski definition) is 0. The van der Waals surface area contributed by atoms with Crippen molar-refractivity contribution in [2.75, 3.05) is 0 Å². The number of rotatable bonds is 3. The van der Waals surface area contributed by atoms with Crippen LogP contribution in [0.1, 0.15) is 87.5 Å². The summed E-state index contributed by atoms with van der Waals surface area (Å²) in [5.41, 5.74) is 1.30. The molecule has 0 bridgehead atoms. The second-order valence-electron chi connectivity index (χ2n) is 8.32. The summed E-state index contributed by atoms with van der Waals surface area (Å²) >= 11 is 0. The highest BCUT2D eigenvalue weighted by Gasteiger charge is 2.32. The largest absolute Gasteiger partial charge is 0.460 e. The summed E-state index contributed by atoms with van der Waals surface area (Å²) in [4.78, 5) is 11.8. The molecule has 0 saturated heterocycles. The normalized spacial score (nSPS) is 22.6. The first kappa shape index (κ1) is 21.2. The van der Waals surface area contributed by atoms with Gasteiger partial charge in [-0.3, -0.25) is 4.79 Å². The molecule has 0 aromatic rings. The third-order valence-corrected chi connectivity index (χ3v) is 4.30. The van der Waals surface area contributed by atoms with Gasteiger partial charge in [-0.05, 0) is 63.7 Å². The fraction of sp³-hybridized carbons (Fsp3) is 0.850. The maximum absolute atomic E-state index is 11.8. The molecule has 2 atom stereocenters. The molecule has 1 saturated carbocycles. The zero-order valence-corrected chi connectivity index (χ0v) is 16.2. The number of ether oxygens (including phenoxy) is 1. The third kappa shape index (κ3) is 8.00. The van der Waals surface area contributed by atoms with E-state index in [0.29, 0.717) is 17.8 Å². The molecule has 0 aliphatic heterocycles. The Labute approximate surface area is 138 Å². The fourth-order valence-corrected chi connectivity index (χ4v) is 2.98. The number of allylic oxidation sites excluding steroid dienone is 1. The summed E-state index contributed by atoms with van der Waals surface area (Å²) in [7, 11) is 0. The number of esters is 1. The molecule has 0 spiro atoms. The third-order valence-electron chi connectivity index (χ3n) is 4.30. The first-order valence-electron chi connectivity index (χ1n) is 8.88. The van der Waals surface area contributed by atoms with Crippen LogP contribution in [0.5, 0.6) is 0 Å². The first-order chi connectivity index (χ1) is 9.99. The molecule has 2 nitrogen and oxygen atoms in total. The van der Waals surface area contributed by atoms with Gasteiger partial charge in [0.05, 0.1) is 0 Å². The van der Waals surface area contributed by atoms with Crippen molar-refractivity contribution in [1.82, 2.24) is 0 Å². The van der Waals surface area contributed by atoms with Crippen LogP contribution in [0, 0.1) is 17.3 Å². The van der Waals surface area contributed by atoms with Gasteiger partial charge in [-0.1, -0.05) is 46.8 Å². The zero-order valence-electron chi connectivity index (χ0n) is 16.2. The van der Waals surface area contributed by atoms with Gasteiger partial charge in [-0.15, -0.1) is 0 Å². The van der Waals surface area contributed by atoms with Gasteiger partial charge >= 0.3 is 5.97 Å². The van der Waals surface area contributed by atoms with E-state index in [1.54, 1.807) is 0 Å². The lowest BCUT2D eigenvalue weighted by Crippen LogP contribution is -2.29. The smallest absolute Gasteiger partial charge is 0.306 e. The van der Waals surface area contributed by atoms with Crippen LogP contribution in [0.4, 0.5) is 0 Å². The second-order valence-corrected chi connectivity index (χ2v) is 8.32. The second kappa shape index (κ2) is 8.74. The van der Waals surface area contributed by atoms with Gasteiger partial charge in [-0.2, -0.15) is 0 Å². The summed E-state index contributed by atoms with van der Waals surface area (Å²) in [5, 5.41) is 0. The molecule has 0 heterocycles. The standard InChI is InChI=1S/C18H32O2.C2H6/c1-13-8-10-15(17(2,3)4)12-14(13)9-11-16(19)20-18(5,6)7;1-2/h14-15H,1,8-12H2,2-7H3;1-2H3. The van der Waals surface area contributed by atoms with Crippen molar-refractivity contribution in [2.45, 2.75) is 93.1 Å². The average Bonchev–Trinajstić information content (AvgIpc) is 2.36. The minimum atomic E-state index is -0.380. The van der Waals surface area contributed by atoms with Crippen molar-refractivity contribution in [2.24, 2.45) is 17.3 Å². The van der Waals surface area contributed by atoms with E-state index in [1.807, 2.05) is 34.6 Å². The Morgan fingerprint density at radius 2 is 1.73 bits per heavy atom. The Hall–Kier alpha value is -0.790. The van der Waals surface area contributed by atoms with Crippen LogP contribution in [0.25, 0.3) is 0 Å². The summed E-state index contributed by atoms with van der Waals surface area (Å²) in [6, 6.07) is 0. The molecule has 0 amide bonds. The molecule has 1 aliphatic carbocycles. The van der Waals surface area contributed by atoms with Crippen molar-refractivity contribution < 1.29 is 9.53 Å². The molecular formula is C20H38O2. The lowest BCUT2D eigenvalue weighted by Gasteiger charge is -2.39. The van der Waals surface area contributed by atoms with Gasteiger partial charge in [-0.25, -0.2) is 0 Å². The quantitative estimate of drug-likeness (QED) is 0.461. The number of carbonyl (C=O) groups excluding carboxylic acids is 1. The lowest BCUT2D eigenvalue weighted by molar-refractivity contribution is -0.155. The SMILES string of the molecule is C=C1CCC(C(C)(C)C)CC1CCC(=O)OC(C)(C)C.CC. The van der Waals surface area contributed by atoms with Crippen LogP contribution in [0.2, 0.25) is 0 Å². The summed E-state index contributed by atoms with van der Waals surface area (Å²) in [5.74, 6) is 1.14. The molecule has 1 rings (SSSR count). The predicted octanol–water partition coefficient (Wildman–Crippen LogP) is 6.15. The van der Waals surface area contributed by atoms with E-state index in [-0.39, 0.29) is 11.6 Å². The van der Waals surface area contributed by atoms with E-state index in [4.69, 9.17) is 4.74 Å². The summed E-state index contributed by atoms with van der Waals surface area (Å²) in [6.45, 7) is 20.9. The van der Waals surface area contributed by atoms with Crippen LogP contribution in [0.15, 0.2) is 12.2 Å². The molecule has 0 N–H and O–H groups in total. The molecule has 1 aliphatic rings. The van der Waals surface area contributed by atoms with Gasteiger partial charge in [0.15, 0.2) is 0 Å². The van der Waals surface area contributed by atoms with E-state index in [1.165, 1.54) is 18.4 Å². The number of carbonyl (C=O) groups is 1. The first-order valence-corrected chi connectivity index (χ1v) is 8.88. The predicted molar refractivity (Wildman–Crippen MR) is 95.9 cm³/mol. The molecule has 0 aromatic carbocycles. The Kier molecular flexibility index (Phi) is 8.43. The highest BCUT2D eigenvalue weighted by molar-refractivity contribution is 5.69. The maximum Gasteiger partial charge on any atom is 0.306 e. The van der Waals surface area contributed by atoms with E-state index in [9.17, 15) is 4.79 Å². The molecular weight excluding hydrogens is 272 g/mol. The van der Waals surface area contributed by atoms with Crippen LogP contribution in [0.3, 0.4) is 0 Å². The van der Waals surface area contributed by atoms with E-state index < -0.39 is 0 Å². The minimum Gasteiger partial charge on any atom is -0.460 e. The fourth-order valence-electron chi connectivity index (χ4n) is 2.98. The lowest BCUT2D eigenvalue weighted by atomic mass is 9.67. The van der Waals surface area contributed by atoms with Gasteiger partial charge < -0.3 is 4.74 Å². The van der Waals surface area contributed by atoms with E-state index in [2.05, 4.69) is 27.4 Å². The Morgan fingerprint density at radius 3 is 2.18 bits per heavy atom. The molecule has 0 radical (unpaired) electrons. The molecule has 1 fully saturated rings. The highest BCUT2D eigenvalue weighted by atomic mass is 16.6. The van der Waals surface area contributed by atoms with E-state index >= 15 is 0 Å². The van der Waals surface area contributed by atoms with Crippen molar-refractivity contribution in [3.05, 3.63) is 12.2 Å². The number of hydrogen-bond acceptors (Lipinski definition) is 2. The molecule has 0 aromatic heterocycles. The van der Waals surface area contributed by atoms with Gasteiger partial charge in [0.25, 0.3) is 0 Å². The molecule has 2 heteroatoms. The average molecular weight is 311 g/mol. The van der Waals surface area contributed by atoms with E-state index in [0.717, 1.165) is 18.8 Å². The molecule has 2 unspecified atom stereocenters. The van der Waals surface area contributed by atoms with Crippen molar-refractivity contribution in [1.29, 1.82) is 0 Å². The van der Waals surface area contributed by atoms with Crippen LogP contribution in [-0.4, -0.2) is 11.6 Å². The van der Waals surface area contributed by atoms with Crippen LogP contribution < -0.4 is 0 Å². The Morgan fingerprint density at radius 1 is 1.18 bits per heavy atom. The van der Waals surface area contributed by atoms with Gasteiger partial charge in [0.2, 0.25) is 0 Å². The Balaban J connectivity index is 0.00000211. The molecule has 22 heavy (non-hydrogen) atoms. The van der Waals surface area contributed by atoms with Gasteiger partial charge in [0, 0.05) is 6.42 Å². The summed E-state index contributed by atoms with van der Waals surface area (Å²) in [6.07, 6.45) is 4.93. The van der Waals surface area contributed by atoms with Crippen LogP contribution >= 0.6 is 0 Å². The molecule has 130 valence electrons. The summed E-state index contributed by atoms with van der Waals surface area (Å²) < 4.78 is 5.39. The van der Waals surface area contributed by atoms with Crippen molar-refractivity contribution >= 4 is 5.97 Å². The van der Waals surface area contributed by atoms with Crippen molar-refractivity contribution in [3.8, 4) is 0 Å². The minimum absolute atomic E-state index is 0.0804. The maximum atomic E-state index is 11.8. The topological polar surface area (TPSA) is 26.3 Å². The van der Waals surface area contributed by atoms with Gasteiger partial charge in [0.1, 0.15) is 5.60 Å². The van der Waals surface area contributed by atoms with Crippen LogP contribution in [-0.2, 0) is 9.53 Å². The highest BCUT2D eigenvalue weighted by Crippen LogP contribution is 2.43. The Bertz CT molecular complexity index is 355. The monoisotopic (exact) mass is 310 g/mol. The van der Waals surface area contributed by atoms with Crippen molar-refractivity contribution in [3.63, 3.8) is 0 Å². The zero-order chi connectivity index (χ0) is 17.6.